The molecule has 3 aromatic carbocycles. The highest BCUT2D eigenvalue weighted by atomic mass is 16.5. The molecule has 0 heterocycles. The lowest BCUT2D eigenvalue weighted by Gasteiger charge is -2.14. The quantitative estimate of drug-likeness (QED) is 0.528. The van der Waals surface area contributed by atoms with Gasteiger partial charge in [0.15, 0.2) is 11.5 Å². The second-order valence-electron chi connectivity index (χ2n) is 5.46. The number of ether oxygens (including phenoxy) is 2. The third-order valence-corrected chi connectivity index (χ3v) is 3.74. The molecular weight excluding hydrogens is 330 g/mol. The lowest BCUT2D eigenvalue weighted by atomic mass is 10.2. The summed E-state index contributed by atoms with van der Waals surface area (Å²) in [5.74, 6) is 1.26. The van der Waals surface area contributed by atoms with Gasteiger partial charge in [-0.25, -0.2) is 0 Å². The summed E-state index contributed by atoms with van der Waals surface area (Å²) in [6.45, 7) is 0. The van der Waals surface area contributed by atoms with Gasteiger partial charge < -0.3 is 32.4 Å². The van der Waals surface area contributed by atoms with E-state index in [0.717, 1.165) is 0 Å². The van der Waals surface area contributed by atoms with E-state index in [2.05, 4.69) is 6.07 Å². The predicted molar refractivity (Wildman–Crippen MR) is 102 cm³/mol. The van der Waals surface area contributed by atoms with E-state index in [1.165, 1.54) is 0 Å². The molecule has 0 aliphatic heterocycles. The van der Waals surface area contributed by atoms with Crippen LogP contribution in [0.25, 0.3) is 0 Å². The van der Waals surface area contributed by atoms with Crippen LogP contribution in [0, 0.1) is 11.3 Å². The Bertz CT molecular complexity index is 940. The molecule has 8 N–H and O–H groups in total. The fourth-order valence-electron chi connectivity index (χ4n) is 2.33. The Morgan fingerprint density at radius 2 is 1.00 bits per heavy atom. The van der Waals surface area contributed by atoms with Crippen LogP contribution < -0.4 is 32.4 Å². The molecule has 3 rings (SSSR count). The first-order valence-electron chi connectivity index (χ1n) is 7.68. The molecule has 0 radical (unpaired) electrons. The molecule has 0 fully saturated rings. The largest absolute Gasteiger partial charge is 0.454 e. The molecule has 7 heteroatoms. The van der Waals surface area contributed by atoms with Crippen LogP contribution in [-0.4, -0.2) is 0 Å². The van der Waals surface area contributed by atoms with Gasteiger partial charge >= 0.3 is 0 Å². The van der Waals surface area contributed by atoms with Gasteiger partial charge in [0.2, 0.25) is 0 Å². The van der Waals surface area contributed by atoms with Gasteiger partial charge in [0.25, 0.3) is 0 Å². The second kappa shape index (κ2) is 6.83. The van der Waals surface area contributed by atoms with Crippen molar-refractivity contribution in [1.82, 2.24) is 0 Å². The zero-order chi connectivity index (χ0) is 18.7. The number of nitrogens with zero attached hydrogens (tertiary/aromatic N) is 1. The van der Waals surface area contributed by atoms with E-state index < -0.39 is 0 Å². The number of nitrogens with two attached hydrogens (primary N) is 4. The van der Waals surface area contributed by atoms with Crippen LogP contribution in [0.2, 0.25) is 0 Å². The first-order valence-corrected chi connectivity index (χ1v) is 7.68. The molecule has 3 aromatic rings. The smallest absolute Gasteiger partial charge is 0.152 e. The van der Waals surface area contributed by atoms with Crippen molar-refractivity contribution in [2.75, 3.05) is 22.9 Å². The summed E-state index contributed by atoms with van der Waals surface area (Å²) < 4.78 is 11.6. The molecule has 0 spiro atoms. The third kappa shape index (κ3) is 3.12. The zero-order valence-corrected chi connectivity index (χ0v) is 13.8. The highest BCUT2D eigenvalue weighted by molar-refractivity contribution is 5.73. The molecule has 0 bridgehead atoms. The minimum Gasteiger partial charge on any atom is -0.454 e. The average molecular weight is 347 g/mol. The maximum atomic E-state index is 9.58. The Morgan fingerprint density at radius 3 is 1.42 bits per heavy atom. The summed E-state index contributed by atoms with van der Waals surface area (Å²) in [5.41, 5.74) is 25.0. The molecule has 0 saturated carbocycles. The van der Waals surface area contributed by atoms with E-state index in [9.17, 15) is 5.26 Å². The lowest BCUT2D eigenvalue weighted by Crippen LogP contribution is -2.00. The van der Waals surface area contributed by atoms with Gasteiger partial charge in [0.1, 0.15) is 23.1 Å². The molecule has 7 nitrogen and oxygen atoms in total. The van der Waals surface area contributed by atoms with Crippen molar-refractivity contribution in [1.29, 1.82) is 5.26 Å². The van der Waals surface area contributed by atoms with Crippen LogP contribution in [0.1, 0.15) is 5.56 Å². The minimum absolute atomic E-state index is 0.191. The SMILES string of the molecule is N#Cc1c(Oc2cccc(N)c2N)cccc1Oc1cccc(N)c1N. The molecule has 26 heavy (non-hydrogen) atoms. The van der Waals surface area contributed by atoms with Crippen molar-refractivity contribution in [3.8, 4) is 29.1 Å². The van der Waals surface area contributed by atoms with Gasteiger partial charge in [-0.1, -0.05) is 18.2 Å². The van der Waals surface area contributed by atoms with Crippen molar-refractivity contribution in [3.63, 3.8) is 0 Å². The number of nitriles is 1. The maximum absolute atomic E-state index is 9.58. The van der Waals surface area contributed by atoms with Crippen molar-refractivity contribution < 1.29 is 9.47 Å². The molecule has 0 amide bonds. The number of rotatable bonds is 4. The number of nitrogen functional groups attached to an aromatic ring is 4. The predicted octanol–water partition coefficient (Wildman–Crippen LogP) is 3.47. The number of hydrogen-bond donors (Lipinski definition) is 4. The molecular formula is C19H17N5O2. The van der Waals surface area contributed by atoms with Crippen LogP contribution in [0.3, 0.4) is 0 Å². The number of hydrogen-bond acceptors (Lipinski definition) is 7. The first-order chi connectivity index (χ1) is 12.5. The third-order valence-electron chi connectivity index (χ3n) is 3.74. The monoisotopic (exact) mass is 347 g/mol. The van der Waals surface area contributed by atoms with Crippen LogP contribution in [0.4, 0.5) is 22.7 Å². The van der Waals surface area contributed by atoms with Crippen LogP contribution in [0.15, 0.2) is 54.6 Å². The molecule has 0 aromatic heterocycles. The number of anilines is 4. The van der Waals surface area contributed by atoms with E-state index in [1.54, 1.807) is 54.6 Å². The molecule has 0 aliphatic rings. The van der Waals surface area contributed by atoms with E-state index in [0.29, 0.717) is 34.2 Å². The normalized spacial score (nSPS) is 10.1. The summed E-state index contributed by atoms with van der Waals surface area (Å²) in [6.07, 6.45) is 0. The van der Waals surface area contributed by atoms with Crippen molar-refractivity contribution >= 4 is 22.7 Å². The molecule has 130 valence electrons. The topological polar surface area (TPSA) is 146 Å². The fraction of sp³-hybridized carbons (Fsp3) is 0. The van der Waals surface area contributed by atoms with E-state index >= 15 is 0 Å². The summed E-state index contributed by atoms with van der Waals surface area (Å²) in [6, 6.07) is 17.1. The lowest BCUT2D eigenvalue weighted by molar-refractivity contribution is 0.460. The van der Waals surface area contributed by atoms with Crippen molar-refractivity contribution in [3.05, 3.63) is 60.2 Å². The van der Waals surface area contributed by atoms with Crippen LogP contribution >= 0.6 is 0 Å². The molecule has 0 unspecified atom stereocenters. The summed E-state index contributed by atoms with van der Waals surface area (Å²) >= 11 is 0. The Kier molecular flexibility index (Phi) is 4.41. The average Bonchev–Trinajstić information content (AvgIpc) is 2.63. The van der Waals surface area contributed by atoms with E-state index in [4.69, 9.17) is 32.4 Å². The first kappa shape index (κ1) is 16.8. The number of benzene rings is 3. The fourth-order valence-corrected chi connectivity index (χ4v) is 2.33. The van der Waals surface area contributed by atoms with Gasteiger partial charge in [-0.2, -0.15) is 5.26 Å². The van der Waals surface area contributed by atoms with Crippen molar-refractivity contribution in [2.24, 2.45) is 0 Å². The molecule has 0 atom stereocenters. The Balaban J connectivity index is 1.99. The minimum atomic E-state index is 0.191. The zero-order valence-electron chi connectivity index (χ0n) is 13.8. The second-order valence-corrected chi connectivity index (χ2v) is 5.46. The van der Waals surface area contributed by atoms with Crippen LogP contribution in [0.5, 0.6) is 23.0 Å². The highest BCUT2D eigenvalue weighted by Gasteiger charge is 2.15. The Morgan fingerprint density at radius 1 is 0.615 bits per heavy atom. The van der Waals surface area contributed by atoms with E-state index in [1.807, 2.05) is 0 Å². The van der Waals surface area contributed by atoms with Crippen molar-refractivity contribution in [2.45, 2.75) is 0 Å². The Labute approximate surface area is 150 Å². The van der Waals surface area contributed by atoms with Gasteiger partial charge in [-0.15, -0.1) is 0 Å². The van der Waals surface area contributed by atoms with Gasteiger partial charge in [-0.05, 0) is 36.4 Å². The maximum Gasteiger partial charge on any atom is 0.152 e. The molecule has 0 saturated heterocycles. The van der Waals surface area contributed by atoms with Gasteiger partial charge in [0.05, 0.1) is 22.7 Å². The number of para-hydroxylation sites is 2. The summed E-state index contributed by atoms with van der Waals surface area (Å²) in [5, 5.41) is 9.58. The molecule has 0 aliphatic carbocycles. The Hall–Kier alpha value is -4.05. The summed E-state index contributed by atoms with van der Waals surface area (Å²) in [4.78, 5) is 0. The van der Waals surface area contributed by atoms with Gasteiger partial charge in [-0.3, -0.25) is 0 Å². The highest BCUT2D eigenvalue weighted by Crippen LogP contribution is 2.38. The summed E-state index contributed by atoms with van der Waals surface area (Å²) in [7, 11) is 0. The van der Waals surface area contributed by atoms with E-state index in [-0.39, 0.29) is 17.1 Å². The van der Waals surface area contributed by atoms with Gasteiger partial charge in [0, 0.05) is 0 Å². The van der Waals surface area contributed by atoms with Crippen LogP contribution in [-0.2, 0) is 0 Å². The standard InChI is InChI=1S/C19H17N5O2/c20-10-11-14(25-16-8-1-4-12(21)18(16)23)6-3-7-15(11)26-17-9-2-5-13(22)19(17)24/h1-9H,21-24H2.